The van der Waals surface area contributed by atoms with Crippen LogP contribution < -0.4 is 5.32 Å². The third-order valence-corrected chi connectivity index (χ3v) is 4.05. The number of nitrogens with one attached hydrogen (secondary N) is 1. The highest BCUT2D eigenvalue weighted by Gasteiger charge is 2.29. The third-order valence-electron chi connectivity index (χ3n) is 3.16. The zero-order valence-electron chi connectivity index (χ0n) is 11.5. The van der Waals surface area contributed by atoms with Crippen LogP contribution in [-0.4, -0.2) is 0 Å². The van der Waals surface area contributed by atoms with Crippen molar-refractivity contribution in [1.29, 1.82) is 0 Å². The molecule has 1 nitrogen and oxygen atoms in total. The molecule has 0 aromatic heterocycles. The maximum atomic E-state index is 12.4. The largest absolute Gasteiger partial charge is 0.416 e. The smallest absolute Gasteiger partial charge is 0.309 e. The van der Waals surface area contributed by atoms with E-state index < -0.39 is 11.7 Å². The molecular formula is C16H15BrF3N. The van der Waals surface area contributed by atoms with Crippen molar-refractivity contribution in [3.63, 3.8) is 0 Å². The fourth-order valence-electron chi connectivity index (χ4n) is 1.98. The molecule has 0 aliphatic heterocycles. The lowest BCUT2D eigenvalue weighted by Crippen LogP contribution is -2.13. The predicted octanol–water partition coefficient (Wildman–Crippen LogP) is 5.07. The topological polar surface area (TPSA) is 12.0 Å². The molecule has 0 bridgehead atoms. The number of alkyl halides is 3. The quantitative estimate of drug-likeness (QED) is 0.805. The molecule has 2 rings (SSSR count). The Morgan fingerprint density at radius 3 is 2.10 bits per heavy atom. The summed E-state index contributed by atoms with van der Waals surface area (Å²) in [6, 6.07) is 11.3. The molecular weight excluding hydrogens is 343 g/mol. The SMILES string of the molecule is Cc1cc(CNCc2ccc(C(F)(F)F)cc2)ccc1Br. The number of benzene rings is 2. The van der Waals surface area contributed by atoms with E-state index in [2.05, 4.69) is 27.3 Å². The third kappa shape index (κ3) is 4.58. The first-order valence-corrected chi connectivity index (χ1v) is 7.27. The first-order chi connectivity index (χ1) is 9.86. The highest BCUT2D eigenvalue weighted by molar-refractivity contribution is 9.10. The van der Waals surface area contributed by atoms with Crippen molar-refractivity contribution in [2.45, 2.75) is 26.2 Å². The summed E-state index contributed by atoms with van der Waals surface area (Å²) in [5.74, 6) is 0. The summed E-state index contributed by atoms with van der Waals surface area (Å²) in [6.07, 6.45) is -4.28. The van der Waals surface area contributed by atoms with Crippen molar-refractivity contribution in [2.75, 3.05) is 0 Å². The van der Waals surface area contributed by atoms with Gasteiger partial charge >= 0.3 is 6.18 Å². The van der Waals surface area contributed by atoms with Gasteiger partial charge in [0.2, 0.25) is 0 Å². The van der Waals surface area contributed by atoms with E-state index in [1.165, 1.54) is 12.1 Å². The highest BCUT2D eigenvalue weighted by Crippen LogP contribution is 2.29. The van der Waals surface area contributed by atoms with Crippen molar-refractivity contribution >= 4 is 15.9 Å². The van der Waals surface area contributed by atoms with Gasteiger partial charge in [-0.05, 0) is 41.8 Å². The van der Waals surface area contributed by atoms with E-state index in [0.717, 1.165) is 33.3 Å². The molecule has 112 valence electrons. The standard InChI is InChI=1S/C16H15BrF3N/c1-11-8-13(4-7-15(11)17)10-21-9-12-2-5-14(6-3-12)16(18,19)20/h2-8,21H,9-10H2,1H3. The van der Waals surface area contributed by atoms with Gasteiger partial charge in [-0.15, -0.1) is 0 Å². The van der Waals surface area contributed by atoms with Crippen molar-refractivity contribution in [3.05, 3.63) is 69.2 Å². The van der Waals surface area contributed by atoms with Gasteiger partial charge in [0.25, 0.3) is 0 Å². The fraction of sp³-hybridized carbons (Fsp3) is 0.250. The van der Waals surface area contributed by atoms with Crippen LogP contribution in [0, 0.1) is 6.92 Å². The second-order valence-electron chi connectivity index (χ2n) is 4.88. The molecule has 0 amide bonds. The van der Waals surface area contributed by atoms with Crippen LogP contribution in [0.3, 0.4) is 0 Å². The summed E-state index contributed by atoms with van der Waals surface area (Å²) in [5.41, 5.74) is 2.51. The van der Waals surface area contributed by atoms with Crippen LogP contribution in [0.15, 0.2) is 46.9 Å². The van der Waals surface area contributed by atoms with Crippen LogP contribution in [0.5, 0.6) is 0 Å². The molecule has 21 heavy (non-hydrogen) atoms. The summed E-state index contributed by atoms with van der Waals surface area (Å²) >= 11 is 3.44. The Morgan fingerprint density at radius 2 is 1.52 bits per heavy atom. The van der Waals surface area contributed by atoms with Crippen molar-refractivity contribution < 1.29 is 13.2 Å². The molecule has 0 radical (unpaired) electrons. The van der Waals surface area contributed by atoms with Crippen LogP contribution in [0.2, 0.25) is 0 Å². The van der Waals surface area contributed by atoms with E-state index >= 15 is 0 Å². The highest BCUT2D eigenvalue weighted by atomic mass is 79.9. The normalized spacial score (nSPS) is 11.7. The van der Waals surface area contributed by atoms with Crippen molar-refractivity contribution in [2.24, 2.45) is 0 Å². The second kappa shape index (κ2) is 6.62. The van der Waals surface area contributed by atoms with Crippen LogP contribution in [0.4, 0.5) is 13.2 Å². The molecule has 0 fully saturated rings. The molecule has 0 aliphatic carbocycles. The van der Waals surface area contributed by atoms with E-state index in [1.807, 2.05) is 19.1 Å². The number of aryl methyl sites for hydroxylation is 1. The molecule has 0 saturated heterocycles. The molecule has 0 atom stereocenters. The Bertz CT molecular complexity index is 606. The van der Waals surface area contributed by atoms with Crippen LogP contribution in [0.1, 0.15) is 22.3 Å². The minimum absolute atomic E-state index is 0.535. The summed E-state index contributed by atoms with van der Waals surface area (Å²) in [7, 11) is 0. The number of rotatable bonds is 4. The lowest BCUT2D eigenvalue weighted by molar-refractivity contribution is -0.137. The number of halogens is 4. The first kappa shape index (κ1) is 16.0. The molecule has 0 heterocycles. The zero-order valence-corrected chi connectivity index (χ0v) is 13.1. The van der Waals surface area contributed by atoms with E-state index in [9.17, 15) is 13.2 Å². The van der Waals surface area contributed by atoms with Gasteiger partial charge in [-0.1, -0.05) is 40.2 Å². The molecule has 0 spiro atoms. The van der Waals surface area contributed by atoms with E-state index in [0.29, 0.717) is 13.1 Å². The van der Waals surface area contributed by atoms with E-state index in [4.69, 9.17) is 0 Å². The Balaban J connectivity index is 1.90. The van der Waals surface area contributed by atoms with Crippen LogP contribution >= 0.6 is 15.9 Å². The Hall–Kier alpha value is -1.33. The maximum Gasteiger partial charge on any atom is 0.416 e. The van der Waals surface area contributed by atoms with Gasteiger partial charge in [0.05, 0.1) is 5.56 Å². The maximum absolute atomic E-state index is 12.4. The minimum Gasteiger partial charge on any atom is -0.309 e. The van der Waals surface area contributed by atoms with Gasteiger partial charge in [-0.25, -0.2) is 0 Å². The molecule has 2 aromatic rings. The van der Waals surface area contributed by atoms with Gasteiger partial charge in [-0.3, -0.25) is 0 Å². The van der Waals surface area contributed by atoms with E-state index in [-0.39, 0.29) is 0 Å². The molecule has 2 aromatic carbocycles. The summed E-state index contributed by atoms with van der Waals surface area (Å²) in [6.45, 7) is 3.23. The van der Waals surface area contributed by atoms with Gasteiger partial charge in [0.1, 0.15) is 0 Å². The molecule has 1 N–H and O–H groups in total. The number of hydrogen-bond acceptors (Lipinski definition) is 1. The van der Waals surface area contributed by atoms with Crippen LogP contribution in [0.25, 0.3) is 0 Å². The lowest BCUT2D eigenvalue weighted by atomic mass is 10.1. The first-order valence-electron chi connectivity index (χ1n) is 6.48. The zero-order chi connectivity index (χ0) is 15.5. The average Bonchev–Trinajstić information content (AvgIpc) is 2.42. The Labute approximate surface area is 130 Å². The lowest BCUT2D eigenvalue weighted by Gasteiger charge is -2.09. The summed E-state index contributed by atoms with van der Waals surface area (Å²) in [4.78, 5) is 0. The van der Waals surface area contributed by atoms with Crippen LogP contribution in [-0.2, 0) is 19.3 Å². The summed E-state index contributed by atoms with van der Waals surface area (Å²) < 4.78 is 38.4. The van der Waals surface area contributed by atoms with Gasteiger partial charge in [-0.2, -0.15) is 13.2 Å². The number of hydrogen-bond donors (Lipinski definition) is 1. The van der Waals surface area contributed by atoms with E-state index in [1.54, 1.807) is 0 Å². The van der Waals surface area contributed by atoms with Gasteiger partial charge in [0, 0.05) is 17.6 Å². The van der Waals surface area contributed by atoms with Gasteiger partial charge < -0.3 is 5.32 Å². The van der Waals surface area contributed by atoms with Crippen molar-refractivity contribution in [1.82, 2.24) is 5.32 Å². The molecule has 0 unspecified atom stereocenters. The predicted molar refractivity (Wildman–Crippen MR) is 80.9 cm³/mol. The average molecular weight is 358 g/mol. The minimum atomic E-state index is -4.28. The Kier molecular flexibility index (Phi) is 5.06. The van der Waals surface area contributed by atoms with Crippen molar-refractivity contribution in [3.8, 4) is 0 Å². The Morgan fingerprint density at radius 1 is 0.952 bits per heavy atom. The fourth-order valence-corrected chi connectivity index (χ4v) is 2.23. The monoisotopic (exact) mass is 357 g/mol. The summed E-state index contributed by atoms with van der Waals surface area (Å²) in [5, 5.41) is 3.23. The van der Waals surface area contributed by atoms with Gasteiger partial charge in [0.15, 0.2) is 0 Å². The molecule has 0 saturated carbocycles. The molecule has 0 aliphatic rings. The molecule has 5 heteroatoms. The second-order valence-corrected chi connectivity index (χ2v) is 5.74.